The number of halogens is 2. The zero-order valence-electron chi connectivity index (χ0n) is 20.3. The van der Waals surface area contributed by atoms with Crippen LogP contribution in [0.3, 0.4) is 0 Å². The maximum atomic E-state index is 13.3. The molecule has 3 aromatic rings. The van der Waals surface area contributed by atoms with Crippen molar-refractivity contribution >= 4 is 29.1 Å². The number of hydrazine groups is 1. The molecule has 194 valence electrons. The van der Waals surface area contributed by atoms with Crippen molar-refractivity contribution in [2.45, 2.75) is 32.6 Å². The Balaban J connectivity index is 1.24. The lowest BCUT2D eigenvalue weighted by molar-refractivity contribution is -0.134. The van der Waals surface area contributed by atoms with Gasteiger partial charge in [-0.25, -0.2) is 13.8 Å². The van der Waals surface area contributed by atoms with Crippen LogP contribution in [0.1, 0.15) is 55.7 Å². The number of nitrogens with zero attached hydrogens (tertiary/aromatic N) is 2. The Bertz CT molecular complexity index is 1300. The Morgan fingerprint density at radius 1 is 1.00 bits per heavy atom. The van der Waals surface area contributed by atoms with Crippen LogP contribution in [0.15, 0.2) is 41.8 Å². The summed E-state index contributed by atoms with van der Waals surface area (Å²) in [5.41, 5.74) is 6.44. The quantitative estimate of drug-likeness (QED) is 0.473. The summed E-state index contributed by atoms with van der Waals surface area (Å²) in [4.78, 5) is 43.2. The van der Waals surface area contributed by atoms with Gasteiger partial charge in [-0.2, -0.15) is 0 Å². The third kappa shape index (κ3) is 6.67. The monoisotopic (exact) mass is 528 g/mol. The first-order chi connectivity index (χ1) is 17.7. The summed E-state index contributed by atoms with van der Waals surface area (Å²) in [6.07, 6.45) is 1.40. The minimum absolute atomic E-state index is 0.0251. The molecular weight excluding hydrogens is 502 g/mol. The van der Waals surface area contributed by atoms with Crippen LogP contribution in [0.4, 0.5) is 8.78 Å². The molecule has 0 saturated carbocycles. The number of likely N-dealkylation sites (tertiary alicyclic amines) is 1. The van der Waals surface area contributed by atoms with Crippen LogP contribution >= 0.6 is 11.3 Å². The van der Waals surface area contributed by atoms with E-state index in [1.165, 1.54) is 11.3 Å². The number of rotatable bonds is 6. The van der Waals surface area contributed by atoms with E-state index in [1.54, 1.807) is 10.3 Å². The van der Waals surface area contributed by atoms with E-state index in [0.717, 1.165) is 28.3 Å². The van der Waals surface area contributed by atoms with E-state index in [-0.39, 0.29) is 29.7 Å². The van der Waals surface area contributed by atoms with E-state index in [4.69, 9.17) is 4.74 Å². The average molecular weight is 529 g/mol. The van der Waals surface area contributed by atoms with E-state index in [0.29, 0.717) is 37.7 Å². The number of ether oxygens (including phenoxy) is 1. The molecule has 0 aliphatic carbocycles. The molecule has 1 fully saturated rings. The van der Waals surface area contributed by atoms with Gasteiger partial charge >= 0.3 is 0 Å². The van der Waals surface area contributed by atoms with Crippen molar-refractivity contribution < 1.29 is 27.9 Å². The fourth-order valence-electron chi connectivity index (χ4n) is 3.93. The van der Waals surface area contributed by atoms with E-state index in [9.17, 15) is 23.2 Å². The molecule has 0 radical (unpaired) electrons. The van der Waals surface area contributed by atoms with Gasteiger partial charge in [-0.1, -0.05) is 6.07 Å². The molecule has 0 atom stereocenters. The molecule has 3 amide bonds. The number of thiazole rings is 1. The van der Waals surface area contributed by atoms with Gasteiger partial charge in [0.25, 0.3) is 17.7 Å². The first kappa shape index (κ1) is 26.2. The highest BCUT2D eigenvalue weighted by Crippen LogP contribution is 2.30. The largest absolute Gasteiger partial charge is 0.484 e. The van der Waals surface area contributed by atoms with Crippen LogP contribution in [0.5, 0.6) is 5.75 Å². The maximum absolute atomic E-state index is 13.3. The van der Waals surface area contributed by atoms with Crippen molar-refractivity contribution in [1.82, 2.24) is 20.7 Å². The standard InChI is InChI=1S/C26H26F2N4O4S/c1-15-3-4-21(9-16(15)2)36-13-23(33)32-7-5-17(6-8-32)26-29-22(14-37-26)25(35)31-30-24(34)18-10-19(27)12-20(28)11-18/h3-4,9-12,14,17H,5-8,13H2,1-2H3,(H,30,34)(H,31,35). The van der Waals surface area contributed by atoms with E-state index < -0.39 is 23.4 Å². The molecule has 0 bridgehead atoms. The average Bonchev–Trinajstić information content (AvgIpc) is 3.37. The molecule has 2 heterocycles. The van der Waals surface area contributed by atoms with Crippen molar-refractivity contribution in [3.05, 3.63) is 80.8 Å². The summed E-state index contributed by atoms with van der Waals surface area (Å²) in [5, 5.41) is 2.34. The number of carbonyl (C=O) groups is 3. The molecule has 4 rings (SSSR count). The summed E-state index contributed by atoms with van der Waals surface area (Å²) >= 11 is 1.33. The summed E-state index contributed by atoms with van der Waals surface area (Å²) in [7, 11) is 0. The second-order valence-corrected chi connectivity index (χ2v) is 9.72. The molecule has 2 N–H and O–H groups in total. The van der Waals surface area contributed by atoms with Gasteiger partial charge in [0.2, 0.25) is 0 Å². The van der Waals surface area contributed by atoms with Gasteiger partial charge in [0.05, 0.1) is 5.01 Å². The fraction of sp³-hybridized carbons (Fsp3) is 0.308. The lowest BCUT2D eigenvalue weighted by Crippen LogP contribution is -2.42. The lowest BCUT2D eigenvalue weighted by Gasteiger charge is -2.31. The first-order valence-electron chi connectivity index (χ1n) is 11.7. The molecule has 1 aromatic heterocycles. The normalized spacial score (nSPS) is 13.8. The van der Waals surface area contributed by atoms with Crippen molar-refractivity contribution in [3.63, 3.8) is 0 Å². The molecule has 1 saturated heterocycles. The molecule has 2 aromatic carbocycles. The number of aromatic nitrogens is 1. The van der Waals surface area contributed by atoms with Gasteiger partial charge in [-0.3, -0.25) is 25.2 Å². The van der Waals surface area contributed by atoms with Crippen molar-refractivity contribution in [3.8, 4) is 5.75 Å². The molecule has 1 aliphatic rings. The van der Waals surface area contributed by atoms with Gasteiger partial charge in [-0.05, 0) is 62.1 Å². The maximum Gasteiger partial charge on any atom is 0.289 e. The van der Waals surface area contributed by atoms with E-state index in [2.05, 4.69) is 15.8 Å². The second-order valence-electron chi connectivity index (χ2n) is 8.83. The fourth-order valence-corrected chi connectivity index (χ4v) is 4.90. The third-order valence-electron chi connectivity index (χ3n) is 6.21. The predicted molar refractivity (Wildman–Crippen MR) is 133 cm³/mol. The highest BCUT2D eigenvalue weighted by atomic mass is 32.1. The topological polar surface area (TPSA) is 101 Å². The molecule has 0 unspecified atom stereocenters. The number of aryl methyl sites for hydroxylation is 2. The van der Waals surface area contributed by atoms with Crippen LogP contribution in [-0.2, 0) is 4.79 Å². The second kappa shape index (κ2) is 11.5. The van der Waals surface area contributed by atoms with E-state index in [1.807, 2.05) is 32.0 Å². The Morgan fingerprint density at radius 2 is 1.68 bits per heavy atom. The number of hydrogen-bond acceptors (Lipinski definition) is 6. The van der Waals surface area contributed by atoms with Crippen LogP contribution in [0.25, 0.3) is 0 Å². The van der Waals surface area contributed by atoms with Crippen LogP contribution in [0, 0.1) is 25.5 Å². The summed E-state index contributed by atoms with van der Waals surface area (Å²) < 4.78 is 32.2. The van der Waals surface area contributed by atoms with Gasteiger partial charge in [0.15, 0.2) is 6.61 Å². The number of hydrogen-bond donors (Lipinski definition) is 2. The summed E-state index contributed by atoms with van der Waals surface area (Å²) in [5.74, 6) is -2.63. The molecule has 37 heavy (non-hydrogen) atoms. The first-order valence-corrected chi connectivity index (χ1v) is 12.6. The lowest BCUT2D eigenvalue weighted by atomic mass is 9.97. The molecule has 8 nitrogen and oxygen atoms in total. The molecule has 0 spiro atoms. The predicted octanol–water partition coefficient (Wildman–Crippen LogP) is 3.90. The Kier molecular flexibility index (Phi) is 8.12. The van der Waals surface area contributed by atoms with Gasteiger partial charge in [-0.15, -0.1) is 11.3 Å². The Labute approximate surface area is 216 Å². The van der Waals surface area contributed by atoms with E-state index >= 15 is 0 Å². The summed E-state index contributed by atoms with van der Waals surface area (Å²) in [6.45, 7) is 5.10. The molecule has 11 heteroatoms. The van der Waals surface area contributed by atoms with Crippen LogP contribution in [-0.4, -0.2) is 47.3 Å². The molecule has 1 aliphatic heterocycles. The van der Waals surface area contributed by atoms with Crippen molar-refractivity contribution in [2.75, 3.05) is 19.7 Å². The zero-order chi connectivity index (χ0) is 26.5. The van der Waals surface area contributed by atoms with Crippen molar-refractivity contribution in [2.24, 2.45) is 0 Å². The number of carbonyl (C=O) groups excluding carboxylic acids is 3. The summed E-state index contributed by atoms with van der Waals surface area (Å²) in [6, 6.07) is 8.09. The minimum Gasteiger partial charge on any atom is -0.484 e. The van der Waals surface area contributed by atoms with Gasteiger partial charge in [0, 0.05) is 36.0 Å². The number of nitrogens with one attached hydrogen (secondary N) is 2. The highest BCUT2D eigenvalue weighted by molar-refractivity contribution is 7.09. The smallest absolute Gasteiger partial charge is 0.289 e. The number of benzene rings is 2. The Hall–Kier alpha value is -3.86. The zero-order valence-corrected chi connectivity index (χ0v) is 21.2. The minimum atomic E-state index is -0.901. The molecular formula is C26H26F2N4O4S. The third-order valence-corrected chi connectivity index (χ3v) is 7.21. The highest BCUT2D eigenvalue weighted by Gasteiger charge is 2.26. The number of amides is 3. The SMILES string of the molecule is Cc1ccc(OCC(=O)N2CCC(c3nc(C(=O)NNC(=O)c4cc(F)cc(F)c4)cs3)CC2)cc1C. The number of piperidine rings is 1. The van der Waals surface area contributed by atoms with Gasteiger partial charge in [0.1, 0.15) is 23.1 Å². The van der Waals surface area contributed by atoms with Crippen LogP contribution < -0.4 is 15.6 Å². The van der Waals surface area contributed by atoms with Crippen LogP contribution in [0.2, 0.25) is 0 Å². The van der Waals surface area contributed by atoms with Gasteiger partial charge < -0.3 is 9.64 Å². The van der Waals surface area contributed by atoms with Crippen molar-refractivity contribution in [1.29, 1.82) is 0 Å². The Morgan fingerprint density at radius 3 is 2.35 bits per heavy atom.